The molecule has 1 aliphatic rings. The summed E-state index contributed by atoms with van der Waals surface area (Å²) in [6.45, 7) is 7.18. The molecule has 17 heavy (non-hydrogen) atoms. The summed E-state index contributed by atoms with van der Waals surface area (Å²) in [6, 6.07) is 11.0. The van der Waals surface area contributed by atoms with Crippen molar-refractivity contribution in [2.24, 2.45) is 11.8 Å². The van der Waals surface area contributed by atoms with E-state index in [2.05, 4.69) is 67.0 Å². The van der Waals surface area contributed by atoms with Gasteiger partial charge in [-0.05, 0) is 35.7 Å². The topological polar surface area (TPSA) is 0 Å². The van der Waals surface area contributed by atoms with Crippen LogP contribution in [0.4, 0.5) is 0 Å². The summed E-state index contributed by atoms with van der Waals surface area (Å²) in [5, 5.41) is 0. The molecule has 0 radical (unpaired) electrons. The van der Waals surface area contributed by atoms with E-state index in [9.17, 15) is 0 Å². The smallest absolute Gasteiger partial charge is 0.0184 e. The van der Waals surface area contributed by atoms with Gasteiger partial charge in [-0.3, -0.25) is 0 Å². The number of halogens is 1. The zero-order valence-electron chi connectivity index (χ0n) is 11.1. The predicted molar refractivity (Wildman–Crippen MR) is 78.7 cm³/mol. The molecule has 1 fully saturated rings. The van der Waals surface area contributed by atoms with Crippen LogP contribution in [0.3, 0.4) is 0 Å². The molecule has 0 heterocycles. The molecule has 3 atom stereocenters. The summed E-state index contributed by atoms with van der Waals surface area (Å²) in [4.78, 5) is 0.668. The van der Waals surface area contributed by atoms with Gasteiger partial charge in [0, 0.05) is 4.83 Å². The third-order valence-electron chi connectivity index (χ3n) is 4.48. The van der Waals surface area contributed by atoms with Gasteiger partial charge in [0.05, 0.1) is 0 Å². The van der Waals surface area contributed by atoms with Crippen molar-refractivity contribution in [1.29, 1.82) is 0 Å². The zero-order valence-corrected chi connectivity index (χ0v) is 12.7. The van der Waals surface area contributed by atoms with Gasteiger partial charge in [0.2, 0.25) is 0 Å². The molecule has 0 nitrogen and oxygen atoms in total. The molecule has 94 valence electrons. The van der Waals surface area contributed by atoms with Gasteiger partial charge in [-0.25, -0.2) is 0 Å². The molecule has 1 heteroatoms. The van der Waals surface area contributed by atoms with Crippen molar-refractivity contribution < 1.29 is 0 Å². The van der Waals surface area contributed by atoms with E-state index in [4.69, 9.17) is 0 Å². The minimum atomic E-state index is 0.273. The third-order valence-corrected chi connectivity index (χ3v) is 5.49. The first kappa shape index (κ1) is 13.1. The van der Waals surface area contributed by atoms with E-state index in [0.29, 0.717) is 4.83 Å². The molecule has 0 N–H and O–H groups in total. The van der Waals surface area contributed by atoms with Crippen molar-refractivity contribution in [2.75, 3.05) is 0 Å². The maximum atomic E-state index is 3.93. The van der Waals surface area contributed by atoms with Crippen LogP contribution >= 0.6 is 15.9 Å². The normalized spacial score (nSPS) is 30.2. The van der Waals surface area contributed by atoms with Crippen LogP contribution in [0.15, 0.2) is 30.3 Å². The van der Waals surface area contributed by atoms with Crippen LogP contribution < -0.4 is 0 Å². The highest BCUT2D eigenvalue weighted by molar-refractivity contribution is 9.09. The summed E-state index contributed by atoms with van der Waals surface area (Å²) < 4.78 is 0. The Balaban J connectivity index is 2.21. The van der Waals surface area contributed by atoms with Crippen LogP contribution in [0.1, 0.15) is 45.6 Å². The maximum absolute atomic E-state index is 3.93. The molecule has 1 aromatic rings. The second-order valence-electron chi connectivity index (χ2n) is 6.13. The molecular weight excluding hydrogens is 272 g/mol. The summed E-state index contributed by atoms with van der Waals surface area (Å²) >= 11 is 3.93. The average molecular weight is 295 g/mol. The van der Waals surface area contributed by atoms with Gasteiger partial charge in [-0.15, -0.1) is 0 Å². The van der Waals surface area contributed by atoms with Gasteiger partial charge >= 0.3 is 0 Å². The molecule has 0 spiro atoms. The molecule has 0 saturated heterocycles. The van der Waals surface area contributed by atoms with Crippen molar-refractivity contribution in [3.05, 3.63) is 35.9 Å². The van der Waals surface area contributed by atoms with E-state index in [-0.39, 0.29) is 5.41 Å². The lowest BCUT2D eigenvalue weighted by atomic mass is 9.66. The van der Waals surface area contributed by atoms with E-state index in [1.54, 1.807) is 0 Å². The second kappa shape index (κ2) is 5.14. The fraction of sp³-hybridized carbons (Fsp3) is 0.625. The number of alkyl halides is 1. The van der Waals surface area contributed by atoms with Crippen molar-refractivity contribution >= 4 is 15.9 Å². The molecule has 0 aromatic heterocycles. The first-order chi connectivity index (χ1) is 8.01. The van der Waals surface area contributed by atoms with Crippen molar-refractivity contribution in [3.63, 3.8) is 0 Å². The number of hydrogen-bond acceptors (Lipinski definition) is 0. The molecule has 0 aliphatic heterocycles. The minimum Gasteiger partial charge on any atom is -0.0887 e. The number of hydrogen-bond donors (Lipinski definition) is 0. The Hall–Kier alpha value is -0.300. The van der Waals surface area contributed by atoms with Crippen LogP contribution in [-0.2, 0) is 5.41 Å². The highest BCUT2D eigenvalue weighted by Crippen LogP contribution is 2.44. The lowest BCUT2D eigenvalue weighted by molar-refractivity contribution is 0.214. The van der Waals surface area contributed by atoms with E-state index < -0.39 is 0 Å². The summed E-state index contributed by atoms with van der Waals surface area (Å²) in [7, 11) is 0. The van der Waals surface area contributed by atoms with Crippen LogP contribution in [-0.4, -0.2) is 4.83 Å². The van der Waals surface area contributed by atoms with Crippen LogP contribution in [0.25, 0.3) is 0 Å². The summed E-state index contributed by atoms with van der Waals surface area (Å²) in [5.41, 5.74) is 1.75. The second-order valence-corrected chi connectivity index (χ2v) is 7.30. The third kappa shape index (κ3) is 2.76. The van der Waals surface area contributed by atoms with Gasteiger partial charge < -0.3 is 0 Å². The molecule has 2 rings (SSSR count). The summed E-state index contributed by atoms with van der Waals surface area (Å²) in [6.07, 6.45) is 4.04. The molecule has 1 aliphatic carbocycles. The Morgan fingerprint density at radius 3 is 2.35 bits per heavy atom. The highest BCUT2D eigenvalue weighted by Gasteiger charge is 2.38. The maximum Gasteiger partial charge on any atom is 0.0184 e. The quantitative estimate of drug-likeness (QED) is 0.661. The minimum absolute atomic E-state index is 0.273. The SMILES string of the molecule is C[C@@H]1CC[C@@H](C(C)(C)c2ccccc2)[C@@H](Br)C1. The first-order valence-electron chi connectivity index (χ1n) is 6.71. The Bertz CT molecular complexity index is 355. The zero-order chi connectivity index (χ0) is 12.5. The Labute approximate surface area is 114 Å². The molecule has 0 bridgehead atoms. The van der Waals surface area contributed by atoms with Gasteiger partial charge in [0.1, 0.15) is 0 Å². The van der Waals surface area contributed by atoms with Crippen molar-refractivity contribution in [2.45, 2.75) is 50.3 Å². The fourth-order valence-corrected chi connectivity index (χ4v) is 4.77. The van der Waals surface area contributed by atoms with E-state index in [1.807, 2.05) is 0 Å². The molecule has 1 aromatic carbocycles. The fourth-order valence-electron chi connectivity index (χ4n) is 3.21. The first-order valence-corrected chi connectivity index (χ1v) is 7.63. The monoisotopic (exact) mass is 294 g/mol. The molecule has 0 unspecified atom stereocenters. The molecule has 0 amide bonds. The Morgan fingerprint density at radius 2 is 1.76 bits per heavy atom. The lowest BCUT2D eigenvalue weighted by Gasteiger charge is -2.42. The number of benzene rings is 1. The standard InChI is InChI=1S/C16H23Br/c1-12-9-10-14(15(17)11-12)16(2,3)13-7-5-4-6-8-13/h4-8,12,14-15H,9-11H2,1-3H3/t12-,14-,15+/m1/s1. The number of rotatable bonds is 2. The van der Waals surface area contributed by atoms with Crippen LogP contribution in [0.5, 0.6) is 0 Å². The van der Waals surface area contributed by atoms with Gasteiger partial charge in [0.25, 0.3) is 0 Å². The Morgan fingerprint density at radius 1 is 1.12 bits per heavy atom. The van der Waals surface area contributed by atoms with Crippen molar-refractivity contribution in [1.82, 2.24) is 0 Å². The van der Waals surface area contributed by atoms with E-state index in [0.717, 1.165) is 11.8 Å². The van der Waals surface area contributed by atoms with E-state index >= 15 is 0 Å². The average Bonchev–Trinajstić information content (AvgIpc) is 2.29. The molecular formula is C16H23Br. The largest absolute Gasteiger partial charge is 0.0887 e. The highest BCUT2D eigenvalue weighted by atomic mass is 79.9. The van der Waals surface area contributed by atoms with Crippen molar-refractivity contribution in [3.8, 4) is 0 Å². The van der Waals surface area contributed by atoms with Crippen LogP contribution in [0, 0.1) is 11.8 Å². The van der Waals surface area contributed by atoms with Gasteiger partial charge in [-0.2, -0.15) is 0 Å². The van der Waals surface area contributed by atoms with Gasteiger partial charge in [-0.1, -0.05) is 73.5 Å². The van der Waals surface area contributed by atoms with Gasteiger partial charge in [0.15, 0.2) is 0 Å². The Kier molecular flexibility index (Phi) is 3.97. The predicted octanol–water partition coefficient (Wildman–Crippen LogP) is 5.16. The molecule has 1 saturated carbocycles. The van der Waals surface area contributed by atoms with E-state index in [1.165, 1.54) is 24.8 Å². The lowest BCUT2D eigenvalue weighted by Crippen LogP contribution is -2.38. The van der Waals surface area contributed by atoms with Crippen LogP contribution in [0.2, 0.25) is 0 Å². The summed E-state index contributed by atoms with van der Waals surface area (Å²) in [5.74, 6) is 1.63.